The van der Waals surface area contributed by atoms with Crippen LogP contribution in [0.3, 0.4) is 0 Å². The fraction of sp³-hybridized carbons (Fsp3) is 0.458. The summed E-state index contributed by atoms with van der Waals surface area (Å²) in [5.74, 6) is 0.388. The second kappa shape index (κ2) is 9.47. The van der Waals surface area contributed by atoms with Crippen molar-refractivity contribution in [1.29, 1.82) is 0 Å². The monoisotopic (exact) mass is 422 g/mol. The van der Waals surface area contributed by atoms with Gasteiger partial charge in [0, 0.05) is 6.54 Å². The van der Waals surface area contributed by atoms with Gasteiger partial charge in [0.05, 0.1) is 29.5 Å². The van der Waals surface area contributed by atoms with E-state index in [1.807, 2.05) is 17.0 Å². The summed E-state index contributed by atoms with van der Waals surface area (Å²) in [6, 6.07) is 12.3. The molecule has 0 saturated carbocycles. The third-order valence-electron chi connectivity index (χ3n) is 6.25. The SMILES string of the molecule is CCCCC[C@@H](CN(O)C=O)C(=O)N1CCC[C@H]1c1nc2cc3ccccc3cc2[nH]1. The zero-order valence-electron chi connectivity index (χ0n) is 18.0. The van der Waals surface area contributed by atoms with E-state index in [4.69, 9.17) is 4.98 Å². The van der Waals surface area contributed by atoms with Crippen LogP contribution in [-0.4, -0.2) is 50.5 Å². The van der Waals surface area contributed by atoms with Gasteiger partial charge in [0.2, 0.25) is 12.3 Å². The van der Waals surface area contributed by atoms with Crippen LogP contribution in [0.1, 0.15) is 57.3 Å². The first-order valence-corrected chi connectivity index (χ1v) is 11.2. The number of unbranched alkanes of at least 4 members (excludes halogenated alkanes) is 2. The first-order chi connectivity index (χ1) is 15.1. The van der Waals surface area contributed by atoms with Gasteiger partial charge in [0.15, 0.2) is 0 Å². The number of H-pyrrole nitrogens is 1. The summed E-state index contributed by atoms with van der Waals surface area (Å²) in [5, 5.41) is 12.6. The van der Waals surface area contributed by atoms with E-state index in [9.17, 15) is 14.8 Å². The van der Waals surface area contributed by atoms with Crippen molar-refractivity contribution >= 4 is 34.1 Å². The fourth-order valence-corrected chi connectivity index (χ4v) is 4.63. The van der Waals surface area contributed by atoms with Crippen LogP contribution in [0.15, 0.2) is 36.4 Å². The van der Waals surface area contributed by atoms with Crippen LogP contribution in [0, 0.1) is 5.92 Å². The molecule has 0 spiro atoms. The Balaban J connectivity index is 1.58. The van der Waals surface area contributed by atoms with Crippen LogP contribution in [0.2, 0.25) is 0 Å². The Bertz CT molecular complexity index is 1010. The highest BCUT2D eigenvalue weighted by molar-refractivity contribution is 5.95. The molecule has 1 saturated heterocycles. The molecule has 2 atom stereocenters. The van der Waals surface area contributed by atoms with Gasteiger partial charge in [0.25, 0.3) is 0 Å². The average Bonchev–Trinajstić information content (AvgIpc) is 3.42. The van der Waals surface area contributed by atoms with Crippen LogP contribution in [-0.2, 0) is 9.59 Å². The number of rotatable bonds is 9. The summed E-state index contributed by atoms with van der Waals surface area (Å²) < 4.78 is 0. The molecular formula is C24H30N4O3. The topological polar surface area (TPSA) is 89.5 Å². The lowest BCUT2D eigenvalue weighted by molar-refractivity contribution is -0.157. The number of carbonyl (C=O) groups is 2. The Labute approximate surface area is 182 Å². The average molecular weight is 423 g/mol. The Morgan fingerprint density at radius 2 is 2.10 bits per heavy atom. The third kappa shape index (κ3) is 4.56. The summed E-state index contributed by atoms with van der Waals surface area (Å²) in [5.41, 5.74) is 1.87. The number of hydrogen-bond acceptors (Lipinski definition) is 4. The molecule has 2 aromatic carbocycles. The van der Waals surface area contributed by atoms with E-state index in [0.717, 1.165) is 59.7 Å². The summed E-state index contributed by atoms with van der Waals surface area (Å²) in [4.78, 5) is 34.5. The van der Waals surface area contributed by atoms with E-state index in [-0.39, 0.29) is 18.5 Å². The number of likely N-dealkylation sites (tertiary alicyclic amines) is 1. The Morgan fingerprint density at radius 3 is 2.84 bits per heavy atom. The molecule has 2 heterocycles. The lowest BCUT2D eigenvalue weighted by atomic mass is 9.99. The van der Waals surface area contributed by atoms with Crippen LogP contribution in [0.4, 0.5) is 0 Å². The largest absolute Gasteiger partial charge is 0.340 e. The molecule has 4 rings (SSSR count). The number of benzene rings is 2. The highest BCUT2D eigenvalue weighted by Gasteiger charge is 2.36. The lowest BCUT2D eigenvalue weighted by Gasteiger charge is -2.29. The molecule has 1 aliphatic rings. The number of nitrogens with zero attached hydrogens (tertiary/aromatic N) is 3. The molecule has 0 unspecified atom stereocenters. The standard InChI is InChI=1S/C24H30N4O3/c1-2-3-4-10-19(15-27(31)16-29)24(30)28-12-7-11-22(28)23-25-20-13-17-8-5-6-9-18(17)14-21(20)26-23/h5-6,8-9,13-14,16,19,22,31H,2-4,7,10-12,15H2,1H3,(H,25,26)/t19-,22-/m0/s1. The van der Waals surface area contributed by atoms with Crippen molar-refractivity contribution in [3.63, 3.8) is 0 Å². The Kier molecular flexibility index (Phi) is 6.51. The van der Waals surface area contributed by atoms with Gasteiger partial charge in [-0.25, -0.2) is 10.0 Å². The van der Waals surface area contributed by atoms with E-state index in [0.29, 0.717) is 24.4 Å². The van der Waals surface area contributed by atoms with Crippen molar-refractivity contribution in [2.75, 3.05) is 13.1 Å². The maximum absolute atomic E-state index is 13.4. The van der Waals surface area contributed by atoms with Gasteiger partial charge >= 0.3 is 0 Å². The first kappa shape index (κ1) is 21.3. The van der Waals surface area contributed by atoms with E-state index in [1.165, 1.54) is 0 Å². The Morgan fingerprint density at radius 1 is 1.32 bits per heavy atom. The second-order valence-electron chi connectivity index (χ2n) is 8.45. The van der Waals surface area contributed by atoms with Crippen LogP contribution in [0.25, 0.3) is 21.8 Å². The fourth-order valence-electron chi connectivity index (χ4n) is 4.63. The number of hydrogen-bond donors (Lipinski definition) is 2. The molecule has 1 aliphatic heterocycles. The minimum Gasteiger partial charge on any atom is -0.340 e. The number of hydroxylamine groups is 2. The maximum atomic E-state index is 13.4. The predicted molar refractivity (Wildman–Crippen MR) is 119 cm³/mol. The Hall–Kier alpha value is -2.93. The molecule has 1 aromatic heterocycles. The van der Waals surface area contributed by atoms with E-state index in [1.54, 1.807) is 0 Å². The molecule has 164 valence electrons. The number of fused-ring (bicyclic) bond motifs is 2. The highest BCUT2D eigenvalue weighted by atomic mass is 16.5. The third-order valence-corrected chi connectivity index (χ3v) is 6.25. The van der Waals surface area contributed by atoms with Crippen molar-refractivity contribution in [3.8, 4) is 0 Å². The van der Waals surface area contributed by atoms with Gasteiger partial charge in [-0.1, -0.05) is 50.5 Å². The van der Waals surface area contributed by atoms with Gasteiger partial charge in [-0.3, -0.25) is 14.8 Å². The molecule has 31 heavy (non-hydrogen) atoms. The van der Waals surface area contributed by atoms with Crippen molar-refractivity contribution in [2.45, 2.75) is 51.5 Å². The zero-order chi connectivity index (χ0) is 21.8. The molecular weight excluding hydrogens is 392 g/mol. The molecule has 2 N–H and O–H groups in total. The van der Waals surface area contributed by atoms with Gasteiger partial charge in [0.1, 0.15) is 5.82 Å². The number of nitrogens with one attached hydrogen (secondary N) is 1. The zero-order valence-corrected chi connectivity index (χ0v) is 18.0. The van der Waals surface area contributed by atoms with Crippen molar-refractivity contribution in [2.24, 2.45) is 5.92 Å². The summed E-state index contributed by atoms with van der Waals surface area (Å²) >= 11 is 0. The summed E-state index contributed by atoms with van der Waals surface area (Å²) in [7, 11) is 0. The van der Waals surface area contributed by atoms with Gasteiger partial charge in [-0.05, 0) is 42.2 Å². The molecule has 7 heteroatoms. The van der Waals surface area contributed by atoms with Gasteiger partial charge in [-0.15, -0.1) is 0 Å². The van der Waals surface area contributed by atoms with Crippen LogP contribution in [0.5, 0.6) is 0 Å². The maximum Gasteiger partial charge on any atom is 0.233 e. The predicted octanol–water partition coefficient (Wildman–Crippen LogP) is 4.42. The number of amides is 2. The number of carbonyl (C=O) groups excluding carboxylic acids is 2. The molecule has 0 bridgehead atoms. The second-order valence-corrected chi connectivity index (χ2v) is 8.45. The number of aromatic amines is 1. The minimum absolute atomic E-state index is 0.00915. The molecule has 0 radical (unpaired) electrons. The quantitative estimate of drug-likeness (QED) is 0.231. The molecule has 1 fully saturated rings. The van der Waals surface area contributed by atoms with Gasteiger partial charge in [-0.2, -0.15) is 0 Å². The summed E-state index contributed by atoms with van der Waals surface area (Å²) in [6.45, 7) is 2.81. The highest BCUT2D eigenvalue weighted by Crippen LogP contribution is 2.34. The molecule has 3 aromatic rings. The van der Waals surface area contributed by atoms with Gasteiger partial charge < -0.3 is 9.88 Å². The molecule has 0 aliphatic carbocycles. The van der Waals surface area contributed by atoms with Crippen molar-refractivity contribution in [1.82, 2.24) is 19.9 Å². The van der Waals surface area contributed by atoms with E-state index < -0.39 is 5.92 Å². The molecule has 2 amide bonds. The number of aromatic nitrogens is 2. The van der Waals surface area contributed by atoms with Crippen molar-refractivity contribution < 1.29 is 14.8 Å². The molecule has 7 nitrogen and oxygen atoms in total. The van der Waals surface area contributed by atoms with Crippen LogP contribution >= 0.6 is 0 Å². The minimum atomic E-state index is -0.408. The smallest absolute Gasteiger partial charge is 0.233 e. The number of imidazole rings is 1. The van der Waals surface area contributed by atoms with Crippen molar-refractivity contribution in [3.05, 3.63) is 42.2 Å². The normalized spacial score (nSPS) is 17.4. The first-order valence-electron chi connectivity index (χ1n) is 11.2. The lowest BCUT2D eigenvalue weighted by Crippen LogP contribution is -2.40. The van der Waals surface area contributed by atoms with Crippen LogP contribution < -0.4 is 0 Å². The van der Waals surface area contributed by atoms with E-state index in [2.05, 4.69) is 36.2 Å². The summed E-state index contributed by atoms with van der Waals surface area (Å²) in [6.07, 6.45) is 5.76. The van der Waals surface area contributed by atoms with E-state index >= 15 is 0 Å².